The number of rotatable bonds is 3. The second kappa shape index (κ2) is 6.17. The first-order valence-corrected chi connectivity index (χ1v) is 9.21. The molecular formula is C18H35N3. The molecule has 1 spiro atoms. The van der Waals surface area contributed by atoms with E-state index in [1.54, 1.807) is 0 Å². The Labute approximate surface area is 131 Å². The summed E-state index contributed by atoms with van der Waals surface area (Å²) in [6, 6.07) is 2.33. The minimum atomic E-state index is 0.650. The molecule has 122 valence electrons. The summed E-state index contributed by atoms with van der Waals surface area (Å²) in [6.07, 6.45) is 5.68. The van der Waals surface area contributed by atoms with Gasteiger partial charge in [-0.1, -0.05) is 0 Å². The normalized spacial score (nSPS) is 29.4. The summed E-state index contributed by atoms with van der Waals surface area (Å²) in [7, 11) is 0. The van der Waals surface area contributed by atoms with Crippen molar-refractivity contribution in [3.63, 3.8) is 0 Å². The first-order chi connectivity index (χ1) is 9.99. The van der Waals surface area contributed by atoms with Crippen molar-refractivity contribution in [1.29, 1.82) is 0 Å². The molecule has 0 bridgehead atoms. The zero-order chi connectivity index (χ0) is 15.0. The number of piperidine rings is 2. The van der Waals surface area contributed by atoms with Gasteiger partial charge in [0.2, 0.25) is 0 Å². The Kier molecular flexibility index (Phi) is 4.63. The van der Waals surface area contributed by atoms with Crippen molar-refractivity contribution in [2.75, 3.05) is 39.3 Å². The van der Waals surface area contributed by atoms with E-state index in [9.17, 15) is 0 Å². The molecule has 3 heteroatoms. The van der Waals surface area contributed by atoms with Gasteiger partial charge in [0.1, 0.15) is 0 Å². The standard InChI is InChI=1S/C18H35N3/c1-15(2)19-10-6-17(7-11-19)20-9-5-8-18(12-20)13-21(14-18)16(3)4/h15-17H,5-14H2,1-4H3. The van der Waals surface area contributed by atoms with Gasteiger partial charge in [-0.15, -0.1) is 0 Å². The van der Waals surface area contributed by atoms with Crippen molar-refractivity contribution in [3.05, 3.63) is 0 Å². The van der Waals surface area contributed by atoms with E-state index in [1.807, 2.05) is 0 Å². The van der Waals surface area contributed by atoms with E-state index in [1.165, 1.54) is 65.0 Å². The van der Waals surface area contributed by atoms with Crippen LogP contribution >= 0.6 is 0 Å². The average molecular weight is 293 g/mol. The van der Waals surface area contributed by atoms with Gasteiger partial charge in [0, 0.05) is 43.2 Å². The minimum Gasteiger partial charge on any atom is -0.301 e. The van der Waals surface area contributed by atoms with Gasteiger partial charge < -0.3 is 4.90 Å². The second-order valence-electron chi connectivity index (χ2n) is 8.43. The molecule has 0 aromatic heterocycles. The maximum atomic E-state index is 2.86. The molecule has 0 saturated carbocycles. The Balaban J connectivity index is 1.51. The number of likely N-dealkylation sites (tertiary alicyclic amines) is 3. The van der Waals surface area contributed by atoms with Gasteiger partial charge in [-0.25, -0.2) is 0 Å². The van der Waals surface area contributed by atoms with E-state index in [0.717, 1.165) is 18.1 Å². The maximum Gasteiger partial charge on any atom is 0.0120 e. The largest absolute Gasteiger partial charge is 0.301 e. The monoisotopic (exact) mass is 293 g/mol. The van der Waals surface area contributed by atoms with Crippen LogP contribution in [0, 0.1) is 5.41 Å². The number of hydrogen-bond acceptors (Lipinski definition) is 3. The lowest BCUT2D eigenvalue weighted by atomic mass is 9.72. The minimum absolute atomic E-state index is 0.650. The molecule has 3 aliphatic heterocycles. The van der Waals surface area contributed by atoms with Crippen LogP contribution in [0.2, 0.25) is 0 Å². The van der Waals surface area contributed by atoms with Crippen LogP contribution in [0.4, 0.5) is 0 Å². The van der Waals surface area contributed by atoms with Gasteiger partial charge in [-0.05, 0) is 73.0 Å². The van der Waals surface area contributed by atoms with Crippen molar-refractivity contribution in [1.82, 2.24) is 14.7 Å². The van der Waals surface area contributed by atoms with E-state index in [2.05, 4.69) is 42.4 Å². The molecule has 0 aromatic carbocycles. The number of nitrogens with zero attached hydrogens (tertiary/aromatic N) is 3. The summed E-state index contributed by atoms with van der Waals surface area (Å²) in [4.78, 5) is 8.17. The summed E-state index contributed by atoms with van der Waals surface area (Å²) >= 11 is 0. The molecule has 3 nitrogen and oxygen atoms in total. The molecule has 3 heterocycles. The lowest BCUT2D eigenvalue weighted by molar-refractivity contribution is -0.0830. The highest BCUT2D eigenvalue weighted by Gasteiger charge is 2.47. The lowest BCUT2D eigenvalue weighted by Crippen LogP contribution is -2.65. The highest BCUT2D eigenvalue weighted by molar-refractivity contribution is 5.01. The fourth-order valence-corrected chi connectivity index (χ4v) is 4.76. The third kappa shape index (κ3) is 3.30. The maximum absolute atomic E-state index is 2.86. The van der Waals surface area contributed by atoms with Gasteiger partial charge in [0.15, 0.2) is 0 Å². The summed E-state index contributed by atoms with van der Waals surface area (Å²) in [5.41, 5.74) is 0.650. The molecule has 0 radical (unpaired) electrons. The van der Waals surface area contributed by atoms with Crippen molar-refractivity contribution in [3.8, 4) is 0 Å². The van der Waals surface area contributed by atoms with E-state index in [4.69, 9.17) is 0 Å². The molecule has 0 unspecified atom stereocenters. The molecule has 0 aromatic rings. The van der Waals surface area contributed by atoms with Crippen LogP contribution < -0.4 is 0 Å². The van der Waals surface area contributed by atoms with Crippen LogP contribution in [0.5, 0.6) is 0 Å². The summed E-state index contributed by atoms with van der Waals surface area (Å²) < 4.78 is 0. The van der Waals surface area contributed by atoms with Gasteiger partial charge in [-0.3, -0.25) is 9.80 Å². The van der Waals surface area contributed by atoms with E-state index < -0.39 is 0 Å². The van der Waals surface area contributed by atoms with Crippen molar-refractivity contribution in [2.45, 2.75) is 71.5 Å². The van der Waals surface area contributed by atoms with E-state index in [-0.39, 0.29) is 0 Å². The van der Waals surface area contributed by atoms with Crippen LogP contribution in [0.25, 0.3) is 0 Å². The van der Waals surface area contributed by atoms with Crippen LogP contribution in [0.1, 0.15) is 53.4 Å². The first-order valence-electron chi connectivity index (χ1n) is 9.21. The Morgan fingerprint density at radius 1 is 0.810 bits per heavy atom. The van der Waals surface area contributed by atoms with Crippen molar-refractivity contribution < 1.29 is 0 Å². The summed E-state index contributed by atoms with van der Waals surface area (Å²) in [5.74, 6) is 0. The quantitative estimate of drug-likeness (QED) is 0.792. The van der Waals surface area contributed by atoms with Crippen LogP contribution in [-0.4, -0.2) is 72.1 Å². The topological polar surface area (TPSA) is 9.72 Å². The zero-order valence-electron chi connectivity index (χ0n) is 14.6. The highest BCUT2D eigenvalue weighted by Crippen LogP contribution is 2.41. The van der Waals surface area contributed by atoms with Gasteiger partial charge in [-0.2, -0.15) is 0 Å². The van der Waals surface area contributed by atoms with Crippen molar-refractivity contribution >= 4 is 0 Å². The molecule has 21 heavy (non-hydrogen) atoms. The second-order valence-corrected chi connectivity index (χ2v) is 8.43. The number of hydrogen-bond donors (Lipinski definition) is 0. The van der Waals surface area contributed by atoms with Gasteiger partial charge in [0.25, 0.3) is 0 Å². The molecule has 0 amide bonds. The molecule has 0 aliphatic carbocycles. The third-order valence-corrected chi connectivity index (χ3v) is 6.24. The Hall–Kier alpha value is -0.120. The van der Waals surface area contributed by atoms with Crippen LogP contribution in [-0.2, 0) is 0 Å². The van der Waals surface area contributed by atoms with Gasteiger partial charge >= 0.3 is 0 Å². The average Bonchev–Trinajstić information content (AvgIpc) is 2.44. The third-order valence-electron chi connectivity index (χ3n) is 6.24. The zero-order valence-corrected chi connectivity index (χ0v) is 14.6. The Morgan fingerprint density at radius 2 is 1.43 bits per heavy atom. The molecule has 0 N–H and O–H groups in total. The fourth-order valence-electron chi connectivity index (χ4n) is 4.76. The lowest BCUT2D eigenvalue weighted by Gasteiger charge is -2.57. The summed E-state index contributed by atoms with van der Waals surface area (Å²) in [6.45, 7) is 17.4. The highest BCUT2D eigenvalue weighted by atomic mass is 15.3. The van der Waals surface area contributed by atoms with E-state index >= 15 is 0 Å². The fraction of sp³-hybridized carbons (Fsp3) is 1.00. The van der Waals surface area contributed by atoms with E-state index in [0.29, 0.717) is 5.41 Å². The summed E-state index contributed by atoms with van der Waals surface area (Å²) in [5, 5.41) is 0. The molecule has 3 rings (SSSR count). The van der Waals surface area contributed by atoms with Crippen LogP contribution in [0.15, 0.2) is 0 Å². The Bertz CT molecular complexity index is 338. The predicted octanol–water partition coefficient (Wildman–Crippen LogP) is 2.67. The predicted molar refractivity (Wildman–Crippen MR) is 89.7 cm³/mol. The molecule has 3 aliphatic rings. The smallest absolute Gasteiger partial charge is 0.0120 e. The SMILES string of the molecule is CC(C)N1CCC(N2CCCC3(CN(C(C)C)C3)C2)CC1. The molecule has 3 fully saturated rings. The Morgan fingerprint density at radius 3 is 2.00 bits per heavy atom. The van der Waals surface area contributed by atoms with Gasteiger partial charge in [0.05, 0.1) is 0 Å². The van der Waals surface area contributed by atoms with Crippen LogP contribution in [0.3, 0.4) is 0 Å². The molecule has 3 saturated heterocycles. The first kappa shape index (κ1) is 15.8. The van der Waals surface area contributed by atoms with Crippen molar-refractivity contribution in [2.24, 2.45) is 5.41 Å². The molecular weight excluding hydrogens is 258 g/mol. The molecule has 0 atom stereocenters.